The highest BCUT2D eigenvalue weighted by atomic mass is 16.5. The number of methoxy groups -OCH3 is 2. The summed E-state index contributed by atoms with van der Waals surface area (Å²) in [7, 11) is 3.12. The predicted molar refractivity (Wildman–Crippen MR) is 127 cm³/mol. The average molecular weight is 460 g/mol. The Balaban J connectivity index is 1.39. The van der Waals surface area contributed by atoms with Gasteiger partial charge >= 0.3 is 0 Å². The number of nitrogens with one attached hydrogen (secondary N) is 1. The van der Waals surface area contributed by atoms with Crippen LogP contribution in [0.25, 0.3) is 22.8 Å². The summed E-state index contributed by atoms with van der Waals surface area (Å²) in [6.45, 7) is 2.19. The van der Waals surface area contributed by atoms with Crippen LogP contribution in [0.4, 0.5) is 0 Å². The summed E-state index contributed by atoms with van der Waals surface area (Å²) in [4.78, 5) is 16.8. The molecule has 3 aromatic carbocycles. The molecule has 0 aliphatic heterocycles. The van der Waals surface area contributed by atoms with Crippen molar-refractivity contribution in [2.75, 3.05) is 20.8 Å². The van der Waals surface area contributed by atoms with Gasteiger partial charge < -0.3 is 24.1 Å². The second-order valence-corrected chi connectivity index (χ2v) is 7.53. The van der Waals surface area contributed by atoms with Crippen LogP contribution in [0.3, 0.4) is 0 Å². The molecule has 1 aromatic heterocycles. The molecule has 0 saturated carbocycles. The molecule has 4 aromatic rings. The van der Waals surface area contributed by atoms with Gasteiger partial charge in [-0.05, 0) is 43.3 Å². The number of nitrogens with zero attached hydrogens (tertiary/aromatic N) is 2. The average Bonchev–Trinajstić information content (AvgIpc) is 3.37. The number of carbonyl (C=O) groups is 1. The fourth-order valence-corrected chi connectivity index (χ4v) is 3.32. The van der Waals surface area contributed by atoms with Gasteiger partial charge in [0.2, 0.25) is 5.82 Å². The van der Waals surface area contributed by atoms with Gasteiger partial charge in [0.05, 0.1) is 14.2 Å². The lowest BCUT2D eigenvalue weighted by atomic mass is 10.1. The monoisotopic (exact) mass is 459 g/mol. The molecule has 0 aliphatic carbocycles. The van der Waals surface area contributed by atoms with Crippen molar-refractivity contribution in [3.05, 3.63) is 77.9 Å². The van der Waals surface area contributed by atoms with Crippen molar-refractivity contribution >= 4 is 5.91 Å². The lowest BCUT2D eigenvalue weighted by Crippen LogP contribution is -2.28. The highest BCUT2D eigenvalue weighted by molar-refractivity contribution is 5.77. The molecule has 0 atom stereocenters. The van der Waals surface area contributed by atoms with Crippen LogP contribution in [-0.4, -0.2) is 36.9 Å². The molecule has 0 fully saturated rings. The Morgan fingerprint density at radius 2 is 1.65 bits per heavy atom. The fourth-order valence-electron chi connectivity index (χ4n) is 3.32. The molecule has 1 N–H and O–H groups in total. The van der Waals surface area contributed by atoms with Gasteiger partial charge in [0, 0.05) is 23.2 Å². The topological polar surface area (TPSA) is 95.7 Å². The smallest absolute Gasteiger partial charge is 0.258 e. The Hall–Kier alpha value is -4.33. The van der Waals surface area contributed by atoms with Gasteiger partial charge in [-0.1, -0.05) is 41.1 Å². The third-order valence-corrected chi connectivity index (χ3v) is 5.17. The maximum Gasteiger partial charge on any atom is 0.258 e. The number of hydrogen-bond acceptors (Lipinski definition) is 7. The number of carbonyl (C=O) groups excluding carboxylic acids is 1. The van der Waals surface area contributed by atoms with E-state index in [1.807, 2.05) is 55.5 Å². The van der Waals surface area contributed by atoms with E-state index >= 15 is 0 Å². The lowest BCUT2D eigenvalue weighted by Gasteiger charge is -2.12. The molecular formula is C26H25N3O5. The van der Waals surface area contributed by atoms with E-state index in [0.717, 1.165) is 16.7 Å². The first-order chi connectivity index (χ1) is 16.6. The van der Waals surface area contributed by atoms with E-state index in [0.29, 0.717) is 41.1 Å². The molecule has 0 saturated heterocycles. The summed E-state index contributed by atoms with van der Waals surface area (Å²) in [5.41, 5.74) is 3.57. The molecule has 0 aliphatic rings. The van der Waals surface area contributed by atoms with Crippen molar-refractivity contribution in [2.45, 2.75) is 13.5 Å². The molecular weight excluding hydrogens is 434 g/mol. The molecule has 174 valence electrons. The van der Waals surface area contributed by atoms with Crippen molar-refractivity contribution in [2.24, 2.45) is 0 Å². The van der Waals surface area contributed by atoms with E-state index in [1.54, 1.807) is 25.3 Å². The van der Waals surface area contributed by atoms with Crippen LogP contribution in [0.2, 0.25) is 0 Å². The normalized spacial score (nSPS) is 10.6. The second kappa shape index (κ2) is 10.5. The molecule has 0 radical (unpaired) electrons. The van der Waals surface area contributed by atoms with Crippen molar-refractivity contribution in [3.63, 3.8) is 0 Å². The number of hydrogen-bond donors (Lipinski definition) is 1. The zero-order chi connectivity index (χ0) is 23.9. The number of aromatic nitrogens is 2. The Morgan fingerprint density at radius 1 is 0.912 bits per heavy atom. The standard InChI is InChI=1S/C26H25N3O5/c1-17-8-10-18(11-9-17)26-28-25(29-34-26)19-12-13-22(23(14-19)32-3)33-16-24(30)27-15-20-6-4-5-7-21(20)31-2/h4-14H,15-16H2,1-3H3,(H,27,30). The molecule has 1 amide bonds. The Kier molecular flexibility index (Phi) is 7.07. The van der Waals surface area contributed by atoms with Gasteiger partial charge in [-0.25, -0.2) is 0 Å². The van der Waals surface area contributed by atoms with Crippen LogP contribution in [0, 0.1) is 6.92 Å². The van der Waals surface area contributed by atoms with Gasteiger partial charge in [-0.15, -0.1) is 0 Å². The van der Waals surface area contributed by atoms with Crippen LogP contribution in [0.1, 0.15) is 11.1 Å². The van der Waals surface area contributed by atoms with Crippen LogP contribution in [-0.2, 0) is 11.3 Å². The zero-order valence-corrected chi connectivity index (χ0v) is 19.2. The Labute approximate surface area is 197 Å². The summed E-state index contributed by atoms with van der Waals surface area (Å²) in [5, 5.41) is 6.90. The molecule has 8 heteroatoms. The molecule has 0 unspecified atom stereocenters. The Morgan fingerprint density at radius 3 is 2.41 bits per heavy atom. The fraction of sp³-hybridized carbons (Fsp3) is 0.192. The van der Waals surface area contributed by atoms with Gasteiger partial charge in [-0.2, -0.15) is 4.98 Å². The van der Waals surface area contributed by atoms with Gasteiger partial charge in [-0.3, -0.25) is 4.79 Å². The summed E-state index contributed by atoms with van der Waals surface area (Å²) < 4.78 is 21.8. The number of ether oxygens (including phenoxy) is 3. The van der Waals surface area contributed by atoms with Crippen molar-refractivity contribution < 1.29 is 23.5 Å². The number of aryl methyl sites for hydroxylation is 1. The zero-order valence-electron chi connectivity index (χ0n) is 19.2. The SMILES string of the molecule is COc1ccccc1CNC(=O)COc1ccc(-c2noc(-c3ccc(C)cc3)n2)cc1OC. The summed E-state index contributed by atoms with van der Waals surface area (Å²) >= 11 is 0. The van der Waals surface area contributed by atoms with Crippen LogP contribution in [0.15, 0.2) is 71.3 Å². The van der Waals surface area contributed by atoms with E-state index in [-0.39, 0.29) is 12.5 Å². The van der Waals surface area contributed by atoms with Crippen LogP contribution < -0.4 is 19.5 Å². The minimum absolute atomic E-state index is 0.162. The first-order valence-corrected chi connectivity index (χ1v) is 10.7. The van der Waals surface area contributed by atoms with E-state index < -0.39 is 0 Å². The number of para-hydroxylation sites is 1. The summed E-state index contributed by atoms with van der Waals surface area (Å²) in [5.74, 6) is 2.19. The third-order valence-electron chi connectivity index (χ3n) is 5.17. The van der Waals surface area contributed by atoms with E-state index in [9.17, 15) is 4.79 Å². The Bertz CT molecular complexity index is 1270. The highest BCUT2D eigenvalue weighted by Crippen LogP contribution is 2.32. The maximum atomic E-state index is 12.3. The van der Waals surface area contributed by atoms with Gasteiger partial charge in [0.1, 0.15) is 5.75 Å². The molecule has 1 heterocycles. The number of benzene rings is 3. The molecule has 34 heavy (non-hydrogen) atoms. The first kappa shape index (κ1) is 22.8. The number of amides is 1. The van der Waals surface area contributed by atoms with Gasteiger partial charge in [0.25, 0.3) is 11.8 Å². The largest absolute Gasteiger partial charge is 0.496 e. The minimum atomic E-state index is -0.266. The second-order valence-electron chi connectivity index (χ2n) is 7.53. The van der Waals surface area contributed by atoms with Crippen molar-refractivity contribution in [1.29, 1.82) is 0 Å². The summed E-state index contributed by atoms with van der Waals surface area (Å²) in [6, 6.07) is 20.6. The first-order valence-electron chi connectivity index (χ1n) is 10.7. The summed E-state index contributed by atoms with van der Waals surface area (Å²) in [6.07, 6.45) is 0. The van der Waals surface area contributed by atoms with Crippen LogP contribution in [0.5, 0.6) is 17.2 Å². The van der Waals surface area contributed by atoms with Gasteiger partial charge in [0.15, 0.2) is 18.1 Å². The molecule has 4 rings (SSSR count). The van der Waals surface area contributed by atoms with E-state index in [1.165, 1.54) is 7.11 Å². The molecule has 0 spiro atoms. The highest BCUT2D eigenvalue weighted by Gasteiger charge is 2.15. The maximum absolute atomic E-state index is 12.3. The van der Waals surface area contributed by atoms with Crippen molar-refractivity contribution in [1.82, 2.24) is 15.5 Å². The molecule has 8 nitrogen and oxygen atoms in total. The molecule has 0 bridgehead atoms. The van der Waals surface area contributed by atoms with Crippen molar-refractivity contribution in [3.8, 4) is 40.1 Å². The predicted octanol–water partition coefficient (Wildman–Crippen LogP) is 4.42. The van der Waals surface area contributed by atoms with E-state index in [4.69, 9.17) is 18.7 Å². The third kappa shape index (κ3) is 5.35. The number of rotatable bonds is 9. The minimum Gasteiger partial charge on any atom is -0.496 e. The van der Waals surface area contributed by atoms with E-state index in [2.05, 4.69) is 15.5 Å². The van der Waals surface area contributed by atoms with Crippen LogP contribution >= 0.6 is 0 Å². The lowest BCUT2D eigenvalue weighted by molar-refractivity contribution is -0.123. The quantitative estimate of drug-likeness (QED) is 0.396.